The smallest absolute Gasteiger partial charge is 0.247 e. The highest BCUT2D eigenvalue weighted by Crippen LogP contribution is 2.32. The number of carbonyl (C=O) groups excluding carboxylic acids is 1. The van der Waals surface area contributed by atoms with Gasteiger partial charge in [-0.15, -0.1) is 0 Å². The van der Waals surface area contributed by atoms with Crippen molar-refractivity contribution in [2.75, 3.05) is 23.3 Å². The topological polar surface area (TPSA) is 107 Å². The normalized spacial score (nSPS) is 15.1. The fourth-order valence-electron chi connectivity index (χ4n) is 4.07. The Morgan fingerprint density at radius 3 is 3.00 bits per heavy atom. The number of H-pyrrole nitrogens is 1. The number of nitrogens with one attached hydrogen (secondary N) is 2. The first-order chi connectivity index (χ1) is 16.6. The highest BCUT2D eigenvalue weighted by molar-refractivity contribution is 5.99. The molecule has 4 aromatic rings. The minimum absolute atomic E-state index is 0.0749. The van der Waals surface area contributed by atoms with Crippen molar-refractivity contribution in [3.63, 3.8) is 0 Å². The van der Waals surface area contributed by atoms with Gasteiger partial charge in [0.25, 0.3) is 0 Å². The van der Waals surface area contributed by atoms with E-state index in [1.807, 2.05) is 18.3 Å². The van der Waals surface area contributed by atoms with Crippen LogP contribution in [-0.4, -0.2) is 33.9 Å². The summed E-state index contributed by atoms with van der Waals surface area (Å²) in [5.41, 5.74) is 4.95. The van der Waals surface area contributed by atoms with E-state index in [0.717, 1.165) is 36.3 Å². The molecule has 1 atom stereocenters. The third-order valence-electron chi connectivity index (χ3n) is 5.76. The number of nitriles is 1. The molecule has 1 fully saturated rings. The zero-order chi connectivity index (χ0) is 23.5. The molecule has 8 nitrogen and oxygen atoms in total. The molecule has 2 aromatic carbocycles. The van der Waals surface area contributed by atoms with Crippen LogP contribution in [-0.2, 0) is 4.79 Å². The zero-order valence-electron chi connectivity index (χ0n) is 18.4. The van der Waals surface area contributed by atoms with E-state index in [4.69, 9.17) is 4.74 Å². The van der Waals surface area contributed by atoms with Gasteiger partial charge in [-0.05, 0) is 42.3 Å². The van der Waals surface area contributed by atoms with Crippen LogP contribution in [0, 0.1) is 17.2 Å². The summed E-state index contributed by atoms with van der Waals surface area (Å²) in [4.78, 5) is 26.1. The van der Waals surface area contributed by atoms with Crippen molar-refractivity contribution >= 4 is 28.4 Å². The maximum atomic E-state index is 11.6. The molecule has 0 spiro atoms. The van der Waals surface area contributed by atoms with E-state index < -0.39 is 0 Å². The molecule has 8 heteroatoms. The number of aromatic nitrogens is 3. The second-order valence-corrected chi connectivity index (χ2v) is 8.04. The molecule has 168 valence electrons. The van der Waals surface area contributed by atoms with Gasteiger partial charge >= 0.3 is 0 Å². The van der Waals surface area contributed by atoms with Crippen molar-refractivity contribution in [2.24, 2.45) is 5.92 Å². The number of benzene rings is 2. The van der Waals surface area contributed by atoms with Crippen molar-refractivity contribution in [1.82, 2.24) is 15.0 Å². The number of amides is 1. The van der Waals surface area contributed by atoms with Gasteiger partial charge in [-0.2, -0.15) is 5.26 Å². The van der Waals surface area contributed by atoms with Gasteiger partial charge in [0.05, 0.1) is 18.2 Å². The summed E-state index contributed by atoms with van der Waals surface area (Å²) in [7, 11) is 0. The molecule has 0 saturated carbocycles. The Labute approximate surface area is 196 Å². The van der Waals surface area contributed by atoms with Gasteiger partial charge in [-0.25, -0.2) is 9.97 Å². The molecule has 0 aliphatic carbocycles. The number of hydrogen-bond acceptors (Lipinski definition) is 6. The van der Waals surface area contributed by atoms with Gasteiger partial charge in [0.1, 0.15) is 11.3 Å². The van der Waals surface area contributed by atoms with E-state index in [0.29, 0.717) is 28.5 Å². The van der Waals surface area contributed by atoms with E-state index in [-0.39, 0.29) is 11.8 Å². The Kier molecular flexibility index (Phi) is 5.67. The first kappa shape index (κ1) is 21.2. The summed E-state index contributed by atoms with van der Waals surface area (Å²) in [5, 5.41) is 11.9. The van der Waals surface area contributed by atoms with Gasteiger partial charge < -0.3 is 19.9 Å². The summed E-state index contributed by atoms with van der Waals surface area (Å²) < 4.78 is 5.93. The van der Waals surface area contributed by atoms with Crippen LogP contribution in [0.15, 0.2) is 73.6 Å². The number of carbonyl (C=O) groups is 1. The first-order valence-electron chi connectivity index (χ1n) is 10.9. The van der Waals surface area contributed by atoms with Crippen molar-refractivity contribution < 1.29 is 9.53 Å². The van der Waals surface area contributed by atoms with Gasteiger partial charge in [0.15, 0.2) is 5.65 Å². The Balaban J connectivity index is 1.42. The van der Waals surface area contributed by atoms with Crippen LogP contribution in [0.5, 0.6) is 11.6 Å². The van der Waals surface area contributed by atoms with Crippen molar-refractivity contribution in [3.8, 4) is 28.8 Å². The van der Waals surface area contributed by atoms with E-state index in [2.05, 4.69) is 49.9 Å². The average molecular weight is 451 g/mol. The van der Waals surface area contributed by atoms with Crippen LogP contribution in [0.2, 0.25) is 0 Å². The lowest BCUT2D eigenvalue weighted by molar-refractivity contribution is -0.111. The quantitative estimate of drug-likeness (QED) is 0.405. The number of rotatable bonds is 6. The van der Waals surface area contributed by atoms with Crippen molar-refractivity contribution in [1.29, 1.82) is 5.26 Å². The molecule has 1 saturated heterocycles. The highest BCUT2D eigenvalue weighted by Gasteiger charge is 2.22. The Morgan fingerprint density at radius 1 is 1.29 bits per heavy atom. The van der Waals surface area contributed by atoms with Gasteiger partial charge in [-0.1, -0.05) is 24.8 Å². The molecule has 3 heterocycles. The summed E-state index contributed by atoms with van der Waals surface area (Å²) >= 11 is 0. The van der Waals surface area contributed by atoms with Gasteiger partial charge in [-0.3, -0.25) is 4.79 Å². The van der Waals surface area contributed by atoms with E-state index >= 15 is 0 Å². The van der Waals surface area contributed by atoms with Crippen LogP contribution < -0.4 is 15.0 Å². The summed E-state index contributed by atoms with van der Waals surface area (Å²) in [6.45, 7) is 5.08. The monoisotopic (exact) mass is 450 g/mol. The zero-order valence-corrected chi connectivity index (χ0v) is 18.4. The third kappa shape index (κ3) is 4.32. The maximum absolute atomic E-state index is 11.6. The molecule has 5 rings (SSSR count). The lowest BCUT2D eigenvalue weighted by Crippen LogP contribution is -2.19. The number of fused-ring (bicyclic) bond motifs is 1. The van der Waals surface area contributed by atoms with Crippen LogP contribution in [0.4, 0.5) is 11.4 Å². The lowest BCUT2D eigenvalue weighted by atomic mass is 10.1. The predicted molar refractivity (Wildman–Crippen MR) is 131 cm³/mol. The molecule has 1 unspecified atom stereocenters. The van der Waals surface area contributed by atoms with Crippen molar-refractivity contribution in [3.05, 3.63) is 73.6 Å². The standard InChI is InChI=1S/C26H22N6O2/c1-2-23(33)30-19-6-4-8-21(12-19)34-24-15-29-26-25(31-24)22(14-28-26)18-5-3-7-20(11-18)32-10-9-17(13-27)16-32/h2-8,11-12,14-15,17H,1,9-10,16H2,(H,28,29)(H,30,33). The molecule has 2 aromatic heterocycles. The summed E-state index contributed by atoms with van der Waals surface area (Å²) in [6.07, 6.45) is 5.54. The Morgan fingerprint density at radius 2 is 2.18 bits per heavy atom. The van der Waals surface area contributed by atoms with Crippen LogP contribution in [0.1, 0.15) is 6.42 Å². The second-order valence-electron chi connectivity index (χ2n) is 8.04. The maximum Gasteiger partial charge on any atom is 0.247 e. The largest absolute Gasteiger partial charge is 0.437 e. The first-order valence-corrected chi connectivity index (χ1v) is 10.9. The number of hydrogen-bond donors (Lipinski definition) is 2. The van der Waals surface area contributed by atoms with E-state index in [1.54, 1.807) is 30.5 Å². The SMILES string of the molecule is C=CC(=O)Nc1cccc(Oc2cnc3[nH]cc(-c4cccc(N5CCC(C#N)C5)c4)c3n2)c1. The number of nitrogens with zero attached hydrogens (tertiary/aromatic N) is 4. The average Bonchev–Trinajstić information content (AvgIpc) is 3.51. The fraction of sp³-hybridized carbons (Fsp3) is 0.154. The fourth-order valence-corrected chi connectivity index (χ4v) is 4.07. The Bertz CT molecular complexity index is 1420. The molecule has 1 aliphatic rings. The van der Waals surface area contributed by atoms with Crippen LogP contribution in [0.25, 0.3) is 22.3 Å². The van der Waals surface area contributed by atoms with E-state index in [1.165, 1.54) is 6.08 Å². The van der Waals surface area contributed by atoms with Gasteiger partial charge in [0.2, 0.25) is 11.8 Å². The molecule has 1 amide bonds. The summed E-state index contributed by atoms with van der Waals surface area (Å²) in [6, 6.07) is 17.6. The van der Waals surface area contributed by atoms with E-state index in [9.17, 15) is 10.1 Å². The van der Waals surface area contributed by atoms with Crippen molar-refractivity contribution in [2.45, 2.75) is 6.42 Å². The third-order valence-corrected chi connectivity index (χ3v) is 5.76. The minimum atomic E-state index is -0.297. The molecule has 0 bridgehead atoms. The minimum Gasteiger partial charge on any atom is -0.437 e. The molecular weight excluding hydrogens is 428 g/mol. The molecule has 0 radical (unpaired) electrons. The Hall–Kier alpha value is -4.64. The van der Waals surface area contributed by atoms with Gasteiger partial charge in [0, 0.05) is 42.3 Å². The van der Waals surface area contributed by atoms with Crippen LogP contribution >= 0.6 is 0 Å². The molecule has 34 heavy (non-hydrogen) atoms. The molecular formula is C26H22N6O2. The second kappa shape index (κ2) is 9.08. The molecule has 1 aliphatic heterocycles. The molecule has 2 N–H and O–H groups in total. The number of aromatic amines is 1. The number of ether oxygens (including phenoxy) is 1. The number of anilines is 2. The highest BCUT2D eigenvalue weighted by atomic mass is 16.5. The summed E-state index contributed by atoms with van der Waals surface area (Å²) in [5.74, 6) is 0.643. The lowest BCUT2D eigenvalue weighted by Gasteiger charge is -2.18. The predicted octanol–water partition coefficient (Wildman–Crippen LogP) is 4.89. The van der Waals surface area contributed by atoms with Crippen LogP contribution in [0.3, 0.4) is 0 Å².